The molecule has 1 aromatic rings. The molecule has 1 aliphatic rings. The van der Waals surface area contributed by atoms with Gasteiger partial charge >= 0.3 is 6.09 Å². The first-order valence-corrected chi connectivity index (χ1v) is 10.5. The van der Waals surface area contributed by atoms with Gasteiger partial charge in [0, 0.05) is 31.7 Å². The van der Waals surface area contributed by atoms with E-state index in [4.69, 9.17) is 9.47 Å². The van der Waals surface area contributed by atoms with Crippen molar-refractivity contribution in [1.82, 2.24) is 15.1 Å². The summed E-state index contributed by atoms with van der Waals surface area (Å²) >= 11 is 0. The number of nitrogens with one attached hydrogen (secondary N) is 1. The zero-order valence-corrected chi connectivity index (χ0v) is 18.4. The highest BCUT2D eigenvalue weighted by Gasteiger charge is 2.27. The van der Waals surface area contributed by atoms with E-state index in [-0.39, 0.29) is 24.5 Å². The molecule has 1 aliphatic heterocycles. The summed E-state index contributed by atoms with van der Waals surface area (Å²) in [5, 5.41) is 2.66. The van der Waals surface area contributed by atoms with Gasteiger partial charge in [-0.25, -0.2) is 4.79 Å². The Kier molecular flexibility index (Phi) is 8.50. The predicted molar refractivity (Wildman–Crippen MR) is 114 cm³/mol. The molecule has 0 unspecified atom stereocenters. The van der Waals surface area contributed by atoms with Crippen LogP contribution in [0, 0.1) is 0 Å². The molecule has 3 amide bonds. The van der Waals surface area contributed by atoms with Crippen molar-refractivity contribution < 1.29 is 23.9 Å². The molecule has 1 fully saturated rings. The summed E-state index contributed by atoms with van der Waals surface area (Å²) in [5.74, 6) is 0.237. The second-order valence-electron chi connectivity index (χ2n) is 8.26. The molecule has 1 N–H and O–H groups in total. The number of unbranched alkanes of at least 4 members (excludes halogenated alkanes) is 1. The number of ether oxygens (including phenoxy) is 2. The van der Waals surface area contributed by atoms with Crippen molar-refractivity contribution in [1.29, 1.82) is 0 Å². The SMILES string of the molecule is CCCCOc1ccc(C(=O)NCC(=O)N2CCN(C(=O)OC(C)(C)C)CC2)cc1. The van der Waals surface area contributed by atoms with Crippen LogP contribution in [0.25, 0.3) is 0 Å². The smallest absolute Gasteiger partial charge is 0.410 e. The zero-order chi connectivity index (χ0) is 22.1. The summed E-state index contributed by atoms with van der Waals surface area (Å²) < 4.78 is 10.9. The van der Waals surface area contributed by atoms with Crippen molar-refractivity contribution in [2.24, 2.45) is 0 Å². The number of piperazine rings is 1. The normalized spacial score (nSPS) is 14.3. The Bertz CT molecular complexity index is 719. The molecule has 1 heterocycles. The Morgan fingerprint density at radius 1 is 1.00 bits per heavy atom. The lowest BCUT2D eigenvalue weighted by atomic mass is 10.2. The fourth-order valence-electron chi connectivity index (χ4n) is 2.87. The van der Waals surface area contributed by atoms with Gasteiger partial charge in [-0.15, -0.1) is 0 Å². The van der Waals surface area contributed by atoms with E-state index in [1.165, 1.54) is 0 Å². The minimum atomic E-state index is -0.547. The molecule has 0 radical (unpaired) electrons. The highest BCUT2D eigenvalue weighted by Crippen LogP contribution is 2.13. The lowest BCUT2D eigenvalue weighted by molar-refractivity contribution is -0.131. The number of hydrogen-bond donors (Lipinski definition) is 1. The average Bonchev–Trinajstić information content (AvgIpc) is 2.71. The van der Waals surface area contributed by atoms with E-state index in [9.17, 15) is 14.4 Å². The number of amides is 3. The third-order valence-electron chi connectivity index (χ3n) is 4.57. The number of rotatable bonds is 7. The Labute approximate surface area is 178 Å². The van der Waals surface area contributed by atoms with Crippen molar-refractivity contribution in [3.05, 3.63) is 29.8 Å². The fourth-order valence-corrected chi connectivity index (χ4v) is 2.87. The first kappa shape index (κ1) is 23.5. The van der Waals surface area contributed by atoms with E-state index in [0.717, 1.165) is 18.6 Å². The van der Waals surface area contributed by atoms with Crippen LogP contribution < -0.4 is 10.1 Å². The number of hydrogen-bond acceptors (Lipinski definition) is 5. The summed E-state index contributed by atoms with van der Waals surface area (Å²) in [6.07, 6.45) is 1.67. The van der Waals surface area contributed by atoms with E-state index < -0.39 is 5.60 Å². The van der Waals surface area contributed by atoms with Crippen LogP contribution in [0.2, 0.25) is 0 Å². The van der Waals surface area contributed by atoms with Crippen LogP contribution in [0.4, 0.5) is 4.79 Å². The van der Waals surface area contributed by atoms with E-state index in [1.807, 2.05) is 20.8 Å². The second-order valence-corrected chi connectivity index (χ2v) is 8.26. The van der Waals surface area contributed by atoms with Gasteiger partial charge in [-0.2, -0.15) is 0 Å². The molecular formula is C22H33N3O5. The van der Waals surface area contributed by atoms with Crippen molar-refractivity contribution in [2.75, 3.05) is 39.3 Å². The van der Waals surface area contributed by atoms with Crippen LogP contribution in [0.15, 0.2) is 24.3 Å². The third kappa shape index (κ3) is 7.57. The van der Waals surface area contributed by atoms with Gasteiger partial charge < -0.3 is 24.6 Å². The van der Waals surface area contributed by atoms with Gasteiger partial charge in [-0.3, -0.25) is 9.59 Å². The maximum Gasteiger partial charge on any atom is 0.410 e. The highest BCUT2D eigenvalue weighted by atomic mass is 16.6. The van der Waals surface area contributed by atoms with E-state index in [2.05, 4.69) is 12.2 Å². The standard InChI is InChI=1S/C22H33N3O5/c1-5-6-15-29-18-9-7-17(8-10-18)20(27)23-16-19(26)24-11-13-25(14-12-24)21(28)30-22(2,3)4/h7-10H,5-6,11-16H2,1-4H3,(H,23,27). The maximum absolute atomic E-state index is 12.4. The van der Waals surface area contributed by atoms with Crippen molar-refractivity contribution in [2.45, 2.75) is 46.1 Å². The molecule has 0 saturated carbocycles. The Morgan fingerprint density at radius 2 is 1.60 bits per heavy atom. The molecule has 2 rings (SSSR count). The molecule has 1 aromatic carbocycles. The van der Waals surface area contributed by atoms with E-state index in [0.29, 0.717) is 38.3 Å². The zero-order valence-electron chi connectivity index (χ0n) is 18.4. The third-order valence-corrected chi connectivity index (χ3v) is 4.57. The van der Waals surface area contributed by atoms with Crippen molar-refractivity contribution in [3.8, 4) is 5.75 Å². The average molecular weight is 420 g/mol. The Morgan fingerprint density at radius 3 is 2.17 bits per heavy atom. The Balaban J connectivity index is 1.74. The van der Waals surface area contributed by atoms with Crippen LogP contribution in [-0.4, -0.2) is 72.6 Å². The molecule has 8 nitrogen and oxygen atoms in total. The van der Waals surface area contributed by atoms with Crippen LogP contribution in [0.5, 0.6) is 5.75 Å². The molecule has 1 saturated heterocycles. The summed E-state index contributed by atoms with van der Waals surface area (Å²) in [5.41, 5.74) is -0.0749. The summed E-state index contributed by atoms with van der Waals surface area (Å²) in [4.78, 5) is 40.0. The van der Waals surface area contributed by atoms with Gasteiger partial charge in [-0.05, 0) is 51.5 Å². The summed E-state index contributed by atoms with van der Waals surface area (Å²) in [6, 6.07) is 6.87. The van der Waals surface area contributed by atoms with Crippen molar-refractivity contribution in [3.63, 3.8) is 0 Å². The van der Waals surface area contributed by atoms with Crippen LogP contribution >= 0.6 is 0 Å². The summed E-state index contributed by atoms with van der Waals surface area (Å²) in [6.45, 7) is 9.77. The van der Waals surface area contributed by atoms with Gasteiger partial charge in [0.1, 0.15) is 11.4 Å². The molecule has 0 bridgehead atoms. The van der Waals surface area contributed by atoms with Crippen LogP contribution in [-0.2, 0) is 9.53 Å². The molecule has 166 valence electrons. The largest absolute Gasteiger partial charge is 0.494 e. The molecule has 8 heteroatoms. The number of nitrogens with zero attached hydrogens (tertiary/aromatic N) is 2. The lowest BCUT2D eigenvalue weighted by Crippen LogP contribution is -2.53. The van der Waals surface area contributed by atoms with Crippen LogP contribution in [0.1, 0.15) is 50.9 Å². The molecular weight excluding hydrogens is 386 g/mol. The first-order chi connectivity index (χ1) is 14.2. The van der Waals surface area contributed by atoms with Gasteiger partial charge in [0.05, 0.1) is 13.2 Å². The van der Waals surface area contributed by atoms with Gasteiger partial charge in [0.2, 0.25) is 5.91 Å². The number of benzene rings is 1. The van der Waals surface area contributed by atoms with E-state index in [1.54, 1.807) is 34.1 Å². The second kappa shape index (κ2) is 10.8. The number of carbonyl (C=O) groups is 3. The monoisotopic (exact) mass is 419 g/mol. The van der Waals surface area contributed by atoms with Gasteiger partial charge in [0.25, 0.3) is 5.91 Å². The molecule has 0 spiro atoms. The first-order valence-electron chi connectivity index (χ1n) is 10.5. The highest BCUT2D eigenvalue weighted by molar-refractivity contribution is 5.96. The minimum Gasteiger partial charge on any atom is -0.494 e. The summed E-state index contributed by atoms with van der Waals surface area (Å²) in [7, 11) is 0. The number of carbonyl (C=O) groups excluding carboxylic acids is 3. The quantitative estimate of drug-likeness (QED) is 0.687. The van der Waals surface area contributed by atoms with Crippen molar-refractivity contribution >= 4 is 17.9 Å². The van der Waals surface area contributed by atoms with Gasteiger partial charge in [0.15, 0.2) is 0 Å². The minimum absolute atomic E-state index is 0.0833. The fraction of sp³-hybridized carbons (Fsp3) is 0.591. The maximum atomic E-state index is 12.4. The molecule has 0 aliphatic carbocycles. The molecule has 0 aromatic heterocycles. The van der Waals surface area contributed by atoms with Crippen LogP contribution in [0.3, 0.4) is 0 Å². The molecule has 30 heavy (non-hydrogen) atoms. The Hall–Kier alpha value is -2.77. The van der Waals surface area contributed by atoms with E-state index >= 15 is 0 Å². The topological polar surface area (TPSA) is 88.2 Å². The molecule has 0 atom stereocenters. The van der Waals surface area contributed by atoms with Gasteiger partial charge in [-0.1, -0.05) is 13.3 Å². The predicted octanol–water partition coefficient (Wildman–Crippen LogP) is 2.67. The lowest BCUT2D eigenvalue weighted by Gasteiger charge is -2.35.